The first-order valence-corrected chi connectivity index (χ1v) is 7.67. The summed E-state index contributed by atoms with van der Waals surface area (Å²) in [6.45, 7) is 8.69. The van der Waals surface area contributed by atoms with E-state index in [0.717, 1.165) is 32.6 Å². The maximum atomic E-state index is 12.2. The molecule has 2 heterocycles. The van der Waals surface area contributed by atoms with Gasteiger partial charge in [-0.05, 0) is 43.7 Å². The van der Waals surface area contributed by atoms with Crippen molar-refractivity contribution in [1.82, 2.24) is 10.2 Å². The van der Waals surface area contributed by atoms with Crippen molar-refractivity contribution in [3.8, 4) is 0 Å². The molecule has 104 valence electrons. The van der Waals surface area contributed by atoms with Gasteiger partial charge < -0.3 is 10.2 Å². The van der Waals surface area contributed by atoms with Gasteiger partial charge in [-0.2, -0.15) is 0 Å². The molecule has 0 aromatic heterocycles. The third-order valence-electron chi connectivity index (χ3n) is 5.30. The Kier molecular flexibility index (Phi) is 4.66. The highest BCUT2D eigenvalue weighted by Crippen LogP contribution is 2.38. The molecule has 0 aromatic carbocycles. The van der Waals surface area contributed by atoms with E-state index in [-0.39, 0.29) is 0 Å². The topological polar surface area (TPSA) is 32.3 Å². The van der Waals surface area contributed by atoms with E-state index in [1.165, 1.54) is 32.1 Å². The monoisotopic (exact) mass is 252 g/mol. The van der Waals surface area contributed by atoms with E-state index in [0.29, 0.717) is 17.2 Å². The van der Waals surface area contributed by atoms with Gasteiger partial charge in [-0.25, -0.2) is 0 Å². The van der Waals surface area contributed by atoms with Crippen molar-refractivity contribution in [2.24, 2.45) is 11.3 Å². The largest absolute Gasteiger partial charge is 0.343 e. The summed E-state index contributed by atoms with van der Waals surface area (Å²) in [4.78, 5) is 14.4. The zero-order valence-corrected chi connectivity index (χ0v) is 12.0. The van der Waals surface area contributed by atoms with Crippen LogP contribution in [0.4, 0.5) is 0 Å². The van der Waals surface area contributed by atoms with Crippen LogP contribution in [-0.4, -0.2) is 37.0 Å². The molecule has 2 rings (SSSR count). The predicted octanol–water partition coefficient (Wildman–Crippen LogP) is 2.41. The van der Waals surface area contributed by atoms with Crippen LogP contribution in [-0.2, 0) is 4.79 Å². The molecule has 2 saturated heterocycles. The number of nitrogens with one attached hydrogen (secondary N) is 1. The van der Waals surface area contributed by atoms with E-state index in [2.05, 4.69) is 24.1 Å². The first kappa shape index (κ1) is 13.9. The van der Waals surface area contributed by atoms with E-state index < -0.39 is 0 Å². The fourth-order valence-electron chi connectivity index (χ4n) is 3.45. The van der Waals surface area contributed by atoms with Crippen LogP contribution in [0, 0.1) is 11.3 Å². The third kappa shape index (κ3) is 3.05. The summed E-state index contributed by atoms with van der Waals surface area (Å²) in [5, 5.41) is 3.34. The number of piperidine rings is 1. The molecule has 0 bridgehead atoms. The van der Waals surface area contributed by atoms with Crippen molar-refractivity contribution < 1.29 is 4.79 Å². The second kappa shape index (κ2) is 6.05. The lowest BCUT2D eigenvalue weighted by atomic mass is 9.74. The van der Waals surface area contributed by atoms with Crippen LogP contribution in [0.5, 0.6) is 0 Å². The van der Waals surface area contributed by atoms with E-state index in [4.69, 9.17) is 0 Å². The minimum absolute atomic E-state index is 0.393. The van der Waals surface area contributed by atoms with Gasteiger partial charge in [-0.3, -0.25) is 4.79 Å². The first-order chi connectivity index (χ1) is 8.69. The highest BCUT2D eigenvalue weighted by molar-refractivity contribution is 5.76. The second-order valence-corrected chi connectivity index (χ2v) is 6.15. The van der Waals surface area contributed by atoms with Gasteiger partial charge in [0.05, 0.1) is 0 Å². The molecule has 3 heteroatoms. The number of nitrogens with zero attached hydrogens (tertiary/aromatic N) is 1. The number of carbonyl (C=O) groups excluding carboxylic acids is 1. The number of carbonyl (C=O) groups is 1. The number of likely N-dealkylation sites (tertiary alicyclic amines) is 1. The Morgan fingerprint density at radius 3 is 2.44 bits per heavy atom. The maximum absolute atomic E-state index is 12.2. The summed E-state index contributed by atoms with van der Waals surface area (Å²) in [6, 6.07) is 0. The Bertz CT molecular complexity index is 270. The fourth-order valence-corrected chi connectivity index (χ4v) is 3.45. The summed E-state index contributed by atoms with van der Waals surface area (Å²) in [7, 11) is 0. The molecule has 2 aliphatic heterocycles. The normalized spacial score (nSPS) is 27.4. The van der Waals surface area contributed by atoms with E-state index >= 15 is 0 Å². The van der Waals surface area contributed by atoms with Crippen molar-refractivity contribution in [1.29, 1.82) is 0 Å². The van der Waals surface area contributed by atoms with Gasteiger partial charge in [-0.15, -0.1) is 0 Å². The molecule has 0 aromatic rings. The molecule has 0 spiro atoms. The van der Waals surface area contributed by atoms with Gasteiger partial charge in [0.2, 0.25) is 5.91 Å². The number of amides is 1. The van der Waals surface area contributed by atoms with E-state index in [1.807, 2.05) is 0 Å². The molecule has 2 aliphatic rings. The average Bonchev–Trinajstić information content (AvgIpc) is 2.91. The summed E-state index contributed by atoms with van der Waals surface area (Å²) in [5.74, 6) is 0.978. The van der Waals surface area contributed by atoms with Crippen LogP contribution < -0.4 is 5.32 Å². The maximum Gasteiger partial charge on any atom is 0.222 e. The molecular formula is C15H28N2O. The summed E-state index contributed by atoms with van der Waals surface area (Å²) < 4.78 is 0. The summed E-state index contributed by atoms with van der Waals surface area (Å²) in [6.07, 6.45) is 6.87. The smallest absolute Gasteiger partial charge is 0.222 e. The van der Waals surface area contributed by atoms with Gasteiger partial charge in [0, 0.05) is 19.5 Å². The Morgan fingerprint density at radius 1 is 1.28 bits per heavy atom. The molecule has 1 N–H and O–H groups in total. The minimum Gasteiger partial charge on any atom is -0.343 e. The zero-order chi connectivity index (χ0) is 13.0. The van der Waals surface area contributed by atoms with Gasteiger partial charge in [0.25, 0.3) is 0 Å². The van der Waals surface area contributed by atoms with Gasteiger partial charge in [0.15, 0.2) is 0 Å². The molecular weight excluding hydrogens is 224 g/mol. The Balaban J connectivity index is 1.79. The van der Waals surface area contributed by atoms with Crippen molar-refractivity contribution in [2.75, 3.05) is 26.2 Å². The molecule has 1 amide bonds. The van der Waals surface area contributed by atoms with Crippen LogP contribution in [0.1, 0.15) is 52.4 Å². The molecule has 18 heavy (non-hydrogen) atoms. The van der Waals surface area contributed by atoms with E-state index in [9.17, 15) is 4.79 Å². The predicted molar refractivity (Wildman–Crippen MR) is 74.4 cm³/mol. The van der Waals surface area contributed by atoms with Crippen LogP contribution in [0.25, 0.3) is 0 Å². The lowest BCUT2D eigenvalue weighted by Crippen LogP contribution is -2.43. The quantitative estimate of drug-likeness (QED) is 0.833. The second-order valence-electron chi connectivity index (χ2n) is 6.15. The Hall–Kier alpha value is -0.570. The zero-order valence-electron chi connectivity index (χ0n) is 12.0. The molecule has 0 aliphatic carbocycles. The standard InChI is InChI=1S/C15H28N2O/c1-3-15(4-2)6-9-17(10-7-15)14(18)11-13-5-8-16-12-13/h13,16H,3-12H2,1-2H3. The summed E-state index contributed by atoms with van der Waals surface area (Å²) in [5.41, 5.74) is 0.520. The fraction of sp³-hybridized carbons (Fsp3) is 0.933. The molecule has 2 fully saturated rings. The van der Waals surface area contributed by atoms with Gasteiger partial charge in [-0.1, -0.05) is 26.7 Å². The highest BCUT2D eigenvalue weighted by Gasteiger charge is 2.33. The number of hydrogen-bond donors (Lipinski definition) is 1. The van der Waals surface area contributed by atoms with Crippen LogP contribution >= 0.6 is 0 Å². The van der Waals surface area contributed by atoms with Crippen molar-refractivity contribution in [2.45, 2.75) is 52.4 Å². The van der Waals surface area contributed by atoms with Gasteiger partial charge >= 0.3 is 0 Å². The van der Waals surface area contributed by atoms with Crippen LogP contribution in [0.3, 0.4) is 0 Å². The highest BCUT2D eigenvalue weighted by atomic mass is 16.2. The SMILES string of the molecule is CCC1(CC)CCN(C(=O)CC2CCNC2)CC1. The van der Waals surface area contributed by atoms with Crippen LogP contribution in [0.2, 0.25) is 0 Å². The third-order valence-corrected chi connectivity index (χ3v) is 5.30. The van der Waals surface area contributed by atoms with Gasteiger partial charge in [0.1, 0.15) is 0 Å². The molecule has 0 saturated carbocycles. The molecule has 0 radical (unpaired) electrons. The number of hydrogen-bond acceptors (Lipinski definition) is 2. The van der Waals surface area contributed by atoms with Crippen molar-refractivity contribution >= 4 is 5.91 Å². The first-order valence-electron chi connectivity index (χ1n) is 7.67. The lowest BCUT2D eigenvalue weighted by molar-refractivity contribution is -0.134. The number of rotatable bonds is 4. The summed E-state index contributed by atoms with van der Waals surface area (Å²) >= 11 is 0. The van der Waals surface area contributed by atoms with E-state index in [1.54, 1.807) is 0 Å². The minimum atomic E-state index is 0.393. The lowest BCUT2D eigenvalue weighted by Gasteiger charge is -2.41. The Labute approximate surface area is 111 Å². The van der Waals surface area contributed by atoms with Crippen LogP contribution in [0.15, 0.2) is 0 Å². The molecule has 1 atom stereocenters. The van der Waals surface area contributed by atoms with Crippen molar-refractivity contribution in [3.05, 3.63) is 0 Å². The van der Waals surface area contributed by atoms with Crippen molar-refractivity contribution in [3.63, 3.8) is 0 Å². The Morgan fingerprint density at radius 2 is 1.94 bits per heavy atom. The molecule has 3 nitrogen and oxygen atoms in total. The molecule has 1 unspecified atom stereocenters. The average molecular weight is 252 g/mol.